The Bertz CT molecular complexity index is 1030. The predicted molar refractivity (Wildman–Crippen MR) is 209 cm³/mol. The molecule has 0 aromatic heterocycles. The van der Waals surface area contributed by atoms with Crippen molar-refractivity contribution in [2.45, 2.75) is 149 Å². The van der Waals surface area contributed by atoms with Crippen LogP contribution >= 0.6 is 0 Å². The summed E-state index contributed by atoms with van der Waals surface area (Å²) in [5, 5.41) is 3.57. The maximum Gasteiger partial charge on any atom is 0.245 e. The number of amides is 2. The van der Waals surface area contributed by atoms with E-state index >= 15 is 0 Å². The van der Waals surface area contributed by atoms with Gasteiger partial charge >= 0.3 is 0 Å². The summed E-state index contributed by atoms with van der Waals surface area (Å²) in [6, 6.07) is 1.12. The van der Waals surface area contributed by atoms with Gasteiger partial charge in [-0.1, -0.05) is 62.0 Å². The number of carbonyl (C=O) groups excluding carboxylic acids is 2. The Morgan fingerprint density at radius 2 is 1.04 bits per heavy atom. The molecule has 0 aromatic carbocycles. The summed E-state index contributed by atoms with van der Waals surface area (Å²) < 4.78 is 22.6. The Kier molecular flexibility index (Phi) is 32.6. The number of likely N-dealkylation sites (tertiary alicyclic amines) is 2. The van der Waals surface area contributed by atoms with Crippen LogP contribution in [0.2, 0.25) is 0 Å². The zero-order valence-corrected chi connectivity index (χ0v) is 38.7. The fourth-order valence-corrected chi connectivity index (χ4v) is 7.33. The van der Waals surface area contributed by atoms with Crippen molar-refractivity contribution in [3.8, 4) is 0 Å². The summed E-state index contributed by atoms with van der Waals surface area (Å²) in [6.45, 7) is 27.3. The van der Waals surface area contributed by atoms with Crippen LogP contribution in [0.15, 0.2) is 12.7 Å². The molecule has 2 amide bonds. The van der Waals surface area contributed by atoms with Gasteiger partial charge in [0.1, 0.15) is 0 Å². The Balaban J connectivity index is -0.000000799. The normalized spacial score (nSPS) is 20.3. The molecular formula is C40H78Cl4N6O6-4. The van der Waals surface area contributed by atoms with Crippen molar-refractivity contribution >= 4 is 11.8 Å². The van der Waals surface area contributed by atoms with E-state index in [0.717, 1.165) is 64.5 Å². The van der Waals surface area contributed by atoms with Crippen molar-refractivity contribution in [2.24, 2.45) is 40.9 Å². The largest absolute Gasteiger partial charge is 1.00 e. The number of carbonyl (C=O) groups is 2. The van der Waals surface area contributed by atoms with Crippen LogP contribution < -0.4 is 72.1 Å². The molecule has 56 heavy (non-hydrogen) atoms. The van der Waals surface area contributed by atoms with Crippen LogP contribution in [-0.2, 0) is 28.5 Å². The second-order valence-electron chi connectivity index (χ2n) is 16.8. The van der Waals surface area contributed by atoms with Crippen LogP contribution in [0.5, 0.6) is 0 Å². The fourth-order valence-electron chi connectivity index (χ4n) is 7.33. The maximum atomic E-state index is 12.5. The highest BCUT2D eigenvalue weighted by Crippen LogP contribution is 2.32. The van der Waals surface area contributed by atoms with Gasteiger partial charge in [0.05, 0.1) is 26.4 Å². The average Bonchev–Trinajstić information content (AvgIpc) is 3.74. The third-order valence-electron chi connectivity index (χ3n) is 10.6. The molecule has 0 aliphatic carbocycles. The molecule has 0 saturated carbocycles. The van der Waals surface area contributed by atoms with Gasteiger partial charge in [-0.25, -0.2) is 0 Å². The first kappa shape index (κ1) is 59.8. The number of hydrogen-bond acceptors (Lipinski definition) is 10. The molecule has 0 bridgehead atoms. The monoisotopic (exact) mass is 878 g/mol. The topological polar surface area (TPSA) is 168 Å². The highest BCUT2D eigenvalue weighted by molar-refractivity contribution is 5.87. The van der Waals surface area contributed by atoms with E-state index in [9.17, 15) is 9.59 Å². The van der Waals surface area contributed by atoms with Gasteiger partial charge in [0.25, 0.3) is 0 Å². The minimum atomic E-state index is -0.412. The van der Waals surface area contributed by atoms with E-state index in [4.69, 9.17) is 36.1 Å². The van der Waals surface area contributed by atoms with Gasteiger partial charge in [-0.2, -0.15) is 0 Å². The SMILES string of the molecule is C=CC(=O)N1CCC2(CC1)OCCO2.CC(C)CC(N)CC(N)C(C)C.CC(C)CC(N)CC(NCCC(=O)N1CCC2(CC1)OCCO2)C(C)C.[Cl-].[Cl-].[Cl-].[Cl-]. The molecule has 4 rings (SSSR count). The van der Waals surface area contributed by atoms with Crippen molar-refractivity contribution < 1.29 is 78.2 Å². The van der Waals surface area contributed by atoms with E-state index in [1.54, 1.807) is 4.90 Å². The van der Waals surface area contributed by atoms with Crippen molar-refractivity contribution in [2.75, 3.05) is 59.2 Å². The lowest BCUT2D eigenvalue weighted by Gasteiger charge is -2.37. The van der Waals surface area contributed by atoms with E-state index < -0.39 is 11.6 Å². The smallest absolute Gasteiger partial charge is 0.245 e. The lowest BCUT2D eigenvalue weighted by Crippen LogP contribution is -3.00. The van der Waals surface area contributed by atoms with Gasteiger partial charge in [0, 0.05) is 89.0 Å². The minimum Gasteiger partial charge on any atom is -1.00 e. The molecule has 4 atom stereocenters. The van der Waals surface area contributed by atoms with E-state index in [0.29, 0.717) is 82.2 Å². The number of piperidine rings is 2. The molecule has 4 unspecified atom stereocenters. The standard InChI is InChI=1S/C20H39N3O3.C10H24N2.C10H15NO3.4ClH/c1-15(2)13-17(21)14-18(16(3)4)22-8-5-19(24)23-9-6-20(7-10-23)25-11-12-26-20;1-7(2)5-9(11)6-10(12)8(3)4;1-2-9(12)11-5-3-10(4-6-11)13-7-8-14-10;;;;/h15-18,22H,5-14,21H2,1-4H3;7-10H,5-6,11-12H2,1-4H3;2H,1,3-8H2;4*1H/p-4. The third-order valence-corrected chi connectivity index (χ3v) is 10.6. The van der Waals surface area contributed by atoms with Crippen molar-refractivity contribution in [1.29, 1.82) is 0 Å². The number of rotatable bonds is 15. The summed E-state index contributed by atoms with van der Waals surface area (Å²) in [5.41, 5.74) is 18.1. The molecule has 7 N–H and O–H groups in total. The summed E-state index contributed by atoms with van der Waals surface area (Å²) in [7, 11) is 0. The predicted octanol–water partition coefficient (Wildman–Crippen LogP) is -7.59. The van der Waals surface area contributed by atoms with Gasteiger partial charge in [-0.05, 0) is 55.4 Å². The first-order valence-electron chi connectivity index (χ1n) is 20.2. The molecule has 12 nitrogen and oxygen atoms in total. The number of halogens is 4. The summed E-state index contributed by atoms with van der Waals surface area (Å²) in [5.74, 6) is 1.77. The van der Waals surface area contributed by atoms with Crippen LogP contribution in [0.4, 0.5) is 0 Å². The molecule has 16 heteroatoms. The van der Waals surface area contributed by atoms with E-state index in [1.165, 1.54) is 6.08 Å². The first-order chi connectivity index (χ1) is 24.5. The quantitative estimate of drug-likeness (QED) is 0.116. The number of ether oxygens (including phenoxy) is 4. The van der Waals surface area contributed by atoms with Gasteiger partial charge in [-0.15, -0.1) is 0 Å². The Morgan fingerprint density at radius 1 is 0.643 bits per heavy atom. The van der Waals surface area contributed by atoms with Crippen LogP contribution in [-0.4, -0.2) is 117 Å². The maximum absolute atomic E-state index is 12.5. The average molecular weight is 881 g/mol. The summed E-state index contributed by atoms with van der Waals surface area (Å²) in [6.07, 6.45) is 9.05. The Hall–Kier alpha value is -0.480. The number of nitrogens with zero attached hydrogens (tertiary/aromatic N) is 2. The van der Waals surface area contributed by atoms with E-state index in [2.05, 4.69) is 67.3 Å². The minimum absolute atomic E-state index is 0. The lowest BCUT2D eigenvalue weighted by atomic mass is 9.92. The van der Waals surface area contributed by atoms with Crippen molar-refractivity contribution in [3.05, 3.63) is 12.7 Å². The molecular weight excluding hydrogens is 802 g/mol. The van der Waals surface area contributed by atoms with Crippen LogP contribution in [0, 0.1) is 23.7 Å². The highest BCUT2D eigenvalue weighted by Gasteiger charge is 2.41. The molecule has 4 saturated heterocycles. The van der Waals surface area contributed by atoms with Crippen LogP contribution in [0.1, 0.15) is 113 Å². The molecule has 4 aliphatic rings. The number of nitrogens with one attached hydrogen (secondary N) is 1. The lowest BCUT2D eigenvalue weighted by molar-refractivity contribution is -0.187. The molecule has 336 valence electrons. The zero-order valence-electron chi connectivity index (χ0n) is 35.7. The van der Waals surface area contributed by atoms with Crippen molar-refractivity contribution in [1.82, 2.24) is 15.1 Å². The van der Waals surface area contributed by atoms with E-state index in [1.807, 2.05) is 4.90 Å². The Labute approximate surface area is 365 Å². The second kappa shape index (κ2) is 30.5. The summed E-state index contributed by atoms with van der Waals surface area (Å²) >= 11 is 0. The van der Waals surface area contributed by atoms with Crippen LogP contribution in [0.25, 0.3) is 0 Å². The first-order valence-corrected chi connectivity index (χ1v) is 20.2. The van der Waals surface area contributed by atoms with Crippen molar-refractivity contribution in [3.63, 3.8) is 0 Å². The molecule has 0 aromatic rings. The molecule has 0 radical (unpaired) electrons. The third kappa shape index (κ3) is 22.2. The molecule has 4 heterocycles. The summed E-state index contributed by atoms with van der Waals surface area (Å²) in [4.78, 5) is 27.5. The van der Waals surface area contributed by atoms with Gasteiger partial charge in [0.15, 0.2) is 11.6 Å². The second-order valence-corrected chi connectivity index (χ2v) is 16.8. The van der Waals surface area contributed by atoms with E-state index in [-0.39, 0.29) is 79.6 Å². The zero-order chi connectivity index (χ0) is 38.9. The van der Waals surface area contributed by atoms with Crippen LogP contribution in [0.3, 0.4) is 0 Å². The number of nitrogens with two attached hydrogens (primary N) is 3. The molecule has 2 spiro atoms. The molecule has 4 fully saturated rings. The van der Waals surface area contributed by atoms with Gasteiger partial charge < -0.3 is 101 Å². The fraction of sp³-hybridized carbons (Fsp3) is 0.900. The van der Waals surface area contributed by atoms with Gasteiger partial charge in [0.2, 0.25) is 11.8 Å². The highest BCUT2D eigenvalue weighted by atomic mass is 35.5. The van der Waals surface area contributed by atoms with Gasteiger partial charge in [-0.3, -0.25) is 9.59 Å². The molecule has 4 aliphatic heterocycles. The number of hydrogen-bond donors (Lipinski definition) is 4. The Morgan fingerprint density at radius 3 is 1.39 bits per heavy atom.